The Kier molecular flexibility index (Phi) is 2.14. The number of methoxy groups -OCH3 is 1. The molecule has 5 nitrogen and oxygen atoms in total. The number of nitrogen functional groups attached to an aromatic ring is 1. The predicted molar refractivity (Wildman–Crippen MR) is 66.4 cm³/mol. The summed E-state index contributed by atoms with van der Waals surface area (Å²) in [7, 11) is 1.31. The lowest BCUT2D eigenvalue weighted by Gasteiger charge is -2.36. The minimum absolute atomic E-state index is 0.0282. The van der Waals surface area contributed by atoms with Crippen LogP contribution >= 0.6 is 0 Å². The molecule has 3 N–H and O–H groups in total. The quantitative estimate of drug-likeness (QED) is 0.580. The van der Waals surface area contributed by atoms with Gasteiger partial charge in [0.1, 0.15) is 0 Å². The van der Waals surface area contributed by atoms with Crippen LogP contribution < -0.4 is 11.1 Å². The molecule has 3 rings (SSSR count). The zero-order chi connectivity index (χ0) is 12.9. The number of nitrogens with two attached hydrogens (primary N) is 1. The Morgan fingerprint density at radius 2 is 2.17 bits per heavy atom. The Morgan fingerprint density at radius 1 is 1.44 bits per heavy atom. The molecule has 2 aliphatic rings. The number of hydrogen-bond donors (Lipinski definition) is 2. The van der Waals surface area contributed by atoms with Crippen LogP contribution in [0.2, 0.25) is 0 Å². The molecule has 1 spiro atoms. The average molecular weight is 246 g/mol. The van der Waals surface area contributed by atoms with Gasteiger partial charge in [0.15, 0.2) is 0 Å². The van der Waals surface area contributed by atoms with Crippen molar-refractivity contribution in [3.05, 3.63) is 23.3 Å². The molecule has 1 aromatic carbocycles. The molecule has 0 aromatic heterocycles. The van der Waals surface area contributed by atoms with E-state index in [9.17, 15) is 9.59 Å². The van der Waals surface area contributed by atoms with Crippen LogP contribution in [0.25, 0.3) is 0 Å². The van der Waals surface area contributed by atoms with E-state index in [1.165, 1.54) is 7.11 Å². The highest BCUT2D eigenvalue weighted by molar-refractivity contribution is 6.12. The van der Waals surface area contributed by atoms with E-state index in [0.717, 1.165) is 24.8 Å². The highest BCUT2D eigenvalue weighted by atomic mass is 16.5. The molecule has 0 unspecified atom stereocenters. The van der Waals surface area contributed by atoms with Crippen molar-refractivity contribution in [1.29, 1.82) is 0 Å². The van der Waals surface area contributed by atoms with Gasteiger partial charge in [-0.3, -0.25) is 4.79 Å². The van der Waals surface area contributed by atoms with Crippen molar-refractivity contribution < 1.29 is 14.3 Å². The maximum absolute atomic E-state index is 12.1. The number of anilines is 2. The normalized spacial score (nSPS) is 19.1. The van der Waals surface area contributed by atoms with Crippen molar-refractivity contribution in [2.24, 2.45) is 0 Å². The van der Waals surface area contributed by atoms with Gasteiger partial charge in [-0.05, 0) is 30.5 Å². The van der Waals surface area contributed by atoms with E-state index in [0.29, 0.717) is 16.9 Å². The van der Waals surface area contributed by atoms with Crippen molar-refractivity contribution in [3.8, 4) is 0 Å². The van der Waals surface area contributed by atoms with Crippen LogP contribution in [0.15, 0.2) is 12.1 Å². The fraction of sp³-hybridized carbons (Fsp3) is 0.385. The Hall–Kier alpha value is -2.04. The van der Waals surface area contributed by atoms with Gasteiger partial charge >= 0.3 is 5.97 Å². The molecule has 1 aromatic rings. The Balaban J connectivity index is 2.20. The molecule has 0 radical (unpaired) electrons. The first-order chi connectivity index (χ1) is 8.58. The maximum Gasteiger partial charge on any atom is 0.340 e. The average Bonchev–Trinajstić information content (AvgIpc) is 2.58. The van der Waals surface area contributed by atoms with E-state index in [1.807, 2.05) is 0 Å². The van der Waals surface area contributed by atoms with Crippen LogP contribution in [0, 0.1) is 0 Å². The number of carbonyl (C=O) groups excluding carboxylic acids is 2. The van der Waals surface area contributed by atoms with Crippen LogP contribution in [0.1, 0.15) is 35.2 Å². The first kappa shape index (κ1) is 11.1. The molecule has 1 amide bonds. The third-order valence-electron chi connectivity index (χ3n) is 3.96. The monoisotopic (exact) mass is 246 g/mol. The molecule has 18 heavy (non-hydrogen) atoms. The molecule has 94 valence electrons. The van der Waals surface area contributed by atoms with Gasteiger partial charge < -0.3 is 15.8 Å². The molecule has 0 bridgehead atoms. The van der Waals surface area contributed by atoms with Gasteiger partial charge in [0, 0.05) is 5.69 Å². The van der Waals surface area contributed by atoms with Crippen molar-refractivity contribution in [2.45, 2.75) is 24.7 Å². The maximum atomic E-state index is 12.1. The summed E-state index contributed by atoms with van der Waals surface area (Å²) >= 11 is 0. The number of nitrogens with one attached hydrogen (secondary N) is 1. The molecular formula is C13H14N2O3. The lowest BCUT2D eigenvalue weighted by molar-refractivity contribution is -0.123. The van der Waals surface area contributed by atoms with E-state index in [1.54, 1.807) is 12.1 Å². The number of carbonyl (C=O) groups is 2. The van der Waals surface area contributed by atoms with Crippen LogP contribution in [-0.4, -0.2) is 19.0 Å². The number of amides is 1. The van der Waals surface area contributed by atoms with E-state index in [2.05, 4.69) is 5.32 Å². The largest absolute Gasteiger partial charge is 0.465 e. The third kappa shape index (κ3) is 1.21. The van der Waals surface area contributed by atoms with Gasteiger partial charge in [-0.25, -0.2) is 4.79 Å². The Bertz CT molecular complexity index is 562. The lowest BCUT2D eigenvalue weighted by atomic mass is 9.65. The first-order valence-corrected chi connectivity index (χ1v) is 5.92. The summed E-state index contributed by atoms with van der Waals surface area (Å²) in [6.07, 6.45) is 2.65. The summed E-state index contributed by atoms with van der Waals surface area (Å²) in [5.74, 6) is -0.505. The van der Waals surface area contributed by atoms with Crippen molar-refractivity contribution >= 4 is 23.3 Å². The highest BCUT2D eigenvalue weighted by Gasteiger charge is 2.52. The fourth-order valence-electron chi connectivity index (χ4n) is 2.83. The van der Waals surface area contributed by atoms with Crippen LogP contribution in [-0.2, 0) is 14.9 Å². The second kappa shape index (κ2) is 3.48. The van der Waals surface area contributed by atoms with Gasteiger partial charge in [0.2, 0.25) is 5.91 Å². The smallest absolute Gasteiger partial charge is 0.340 e. The number of hydrogen-bond acceptors (Lipinski definition) is 4. The zero-order valence-corrected chi connectivity index (χ0v) is 10.1. The number of esters is 1. The molecule has 0 saturated heterocycles. The van der Waals surface area contributed by atoms with Crippen LogP contribution in [0.5, 0.6) is 0 Å². The van der Waals surface area contributed by atoms with E-state index < -0.39 is 11.4 Å². The predicted octanol–water partition coefficient (Wildman–Crippen LogP) is 1.43. The first-order valence-electron chi connectivity index (χ1n) is 5.92. The SMILES string of the molecule is COC(=O)c1cc(N)cc2c1NC(=O)C21CCC1. The van der Waals surface area contributed by atoms with Gasteiger partial charge in [0.05, 0.1) is 23.8 Å². The van der Waals surface area contributed by atoms with Crippen LogP contribution in [0.3, 0.4) is 0 Å². The van der Waals surface area contributed by atoms with Gasteiger partial charge in [0.25, 0.3) is 0 Å². The Labute approximate surface area is 104 Å². The second-order valence-corrected chi connectivity index (χ2v) is 4.87. The molecule has 1 heterocycles. The molecule has 5 heteroatoms. The number of rotatable bonds is 1. The summed E-state index contributed by atoms with van der Waals surface area (Å²) in [6.45, 7) is 0. The Morgan fingerprint density at radius 3 is 2.72 bits per heavy atom. The highest BCUT2D eigenvalue weighted by Crippen LogP contribution is 2.52. The topological polar surface area (TPSA) is 81.4 Å². The fourth-order valence-corrected chi connectivity index (χ4v) is 2.83. The van der Waals surface area contributed by atoms with E-state index >= 15 is 0 Å². The number of fused-ring (bicyclic) bond motifs is 2. The number of ether oxygens (including phenoxy) is 1. The minimum atomic E-state index is -0.477. The van der Waals surface area contributed by atoms with Crippen molar-refractivity contribution in [3.63, 3.8) is 0 Å². The molecule has 1 aliphatic heterocycles. The molecule has 1 saturated carbocycles. The summed E-state index contributed by atoms with van der Waals surface area (Å²) in [6, 6.07) is 3.33. The van der Waals surface area contributed by atoms with Gasteiger partial charge in [-0.2, -0.15) is 0 Å². The zero-order valence-electron chi connectivity index (χ0n) is 10.1. The molecular weight excluding hydrogens is 232 g/mol. The summed E-state index contributed by atoms with van der Waals surface area (Å²) in [5, 5.41) is 2.81. The van der Waals surface area contributed by atoms with E-state index in [4.69, 9.17) is 10.5 Å². The van der Waals surface area contributed by atoms with Gasteiger partial charge in [-0.15, -0.1) is 0 Å². The van der Waals surface area contributed by atoms with Crippen LogP contribution in [0.4, 0.5) is 11.4 Å². The van der Waals surface area contributed by atoms with E-state index in [-0.39, 0.29) is 5.91 Å². The molecule has 1 aliphatic carbocycles. The molecule has 1 fully saturated rings. The molecule has 0 atom stereocenters. The summed E-state index contributed by atoms with van der Waals surface area (Å²) < 4.78 is 4.73. The second-order valence-electron chi connectivity index (χ2n) is 4.87. The minimum Gasteiger partial charge on any atom is -0.465 e. The summed E-state index contributed by atoms with van der Waals surface area (Å²) in [4.78, 5) is 23.8. The lowest BCUT2D eigenvalue weighted by Crippen LogP contribution is -2.40. The van der Waals surface area contributed by atoms with Gasteiger partial charge in [-0.1, -0.05) is 6.42 Å². The third-order valence-corrected chi connectivity index (χ3v) is 3.96. The summed E-state index contributed by atoms with van der Waals surface area (Å²) in [5.41, 5.74) is 7.60. The number of benzene rings is 1. The van der Waals surface area contributed by atoms with Crippen molar-refractivity contribution in [1.82, 2.24) is 0 Å². The van der Waals surface area contributed by atoms with Crippen molar-refractivity contribution in [2.75, 3.05) is 18.2 Å². The standard InChI is InChI=1S/C13H14N2O3/c1-18-11(16)8-5-7(14)6-9-10(8)15-12(17)13(9)3-2-4-13/h5-6H,2-4,14H2,1H3,(H,15,17).